The van der Waals surface area contributed by atoms with Gasteiger partial charge >= 0.3 is 0 Å². The van der Waals surface area contributed by atoms with Gasteiger partial charge in [-0.2, -0.15) is 0 Å². The third-order valence-corrected chi connectivity index (χ3v) is 6.67. The molecule has 0 radical (unpaired) electrons. The molecule has 8 nitrogen and oxygen atoms in total. The van der Waals surface area contributed by atoms with E-state index in [1.54, 1.807) is 0 Å². The van der Waals surface area contributed by atoms with Crippen molar-refractivity contribution in [3.8, 4) is 0 Å². The number of carbonyl (C=O) groups is 2. The van der Waals surface area contributed by atoms with Gasteiger partial charge in [0.25, 0.3) is 0 Å². The minimum Gasteiger partial charge on any atom is -0.300 e. The molecule has 2 amide bonds. The highest BCUT2D eigenvalue weighted by Crippen LogP contribution is 2.20. The predicted octanol–water partition coefficient (Wildman–Crippen LogP) is 6.37. The topological polar surface area (TPSA) is 110 Å². The molecular formula is C28H36N6O2S2. The van der Waals surface area contributed by atoms with Crippen LogP contribution in [-0.2, 0) is 35.3 Å². The Balaban J connectivity index is 0.00000121. The van der Waals surface area contributed by atoms with Crippen molar-refractivity contribution in [3.05, 3.63) is 81.8 Å². The third-order valence-electron chi connectivity index (χ3n) is 4.87. The maximum atomic E-state index is 12.2. The highest BCUT2D eigenvalue weighted by Gasteiger charge is 2.11. The van der Waals surface area contributed by atoms with Gasteiger partial charge in [-0.05, 0) is 24.0 Å². The summed E-state index contributed by atoms with van der Waals surface area (Å²) in [5, 5.41) is 24.9. The Morgan fingerprint density at radius 1 is 0.605 bits per heavy atom. The first kappa shape index (κ1) is 30.7. The Bertz CT molecular complexity index is 1120. The van der Waals surface area contributed by atoms with Gasteiger partial charge in [0.15, 0.2) is 0 Å². The Morgan fingerprint density at radius 3 is 1.34 bits per heavy atom. The molecule has 0 bridgehead atoms. The lowest BCUT2D eigenvalue weighted by Crippen LogP contribution is -2.14. The van der Waals surface area contributed by atoms with Crippen LogP contribution in [0.2, 0.25) is 0 Å². The third kappa shape index (κ3) is 11.3. The van der Waals surface area contributed by atoms with Crippen molar-refractivity contribution in [2.75, 3.05) is 10.6 Å². The molecule has 0 saturated heterocycles. The van der Waals surface area contributed by atoms with Crippen LogP contribution in [0.5, 0.6) is 0 Å². The van der Waals surface area contributed by atoms with Gasteiger partial charge in [0, 0.05) is 12.8 Å². The van der Waals surface area contributed by atoms with E-state index >= 15 is 0 Å². The van der Waals surface area contributed by atoms with Gasteiger partial charge in [-0.3, -0.25) is 9.59 Å². The summed E-state index contributed by atoms with van der Waals surface area (Å²) < 4.78 is 0. The van der Waals surface area contributed by atoms with Gasteiger partial charge in [0.1, 0.15) is 10.0 Å². The number of hydrogen-bond donors (Lipinski definition) is 2. The molecule has 2 N–H and O–H groups in total. The zero-order chi connectivity index (χ0) is 27.6. The van der Waals surface area contributed by atoms with Crippen molar-refractivity contribution in [1.82, 2.24) is 20.4 Å². The summed E-state index contributed by atoms with van der Waals surface area (Å²) in [6.07, 6.45) is 4.03. The van der Waals surface area contributed by atoms with E-state index in [2.05, 4.69) is 31.0 Å². The molecule has 4 rings (SSSR count). The molecule has 0 fully saturated rings. The van der Waals surface area contributed by atoms with Crippen LogP contribution in [0.3, 0.4) is 0 Å². The Kier molecular flexibility index (Phi) is 14.4. The fourth-order valence-corrected chi connectivity index (χ4v) is 4.85. The number of carbonyl (C=O) groups excluding carboxylic acids is 2. The number of amides is 2. The predicted molar refractivity (Wildman–Crippen MR) is 157 cm³/mol. The van der Waals surface area contributed by atoms with Crippen LogP contribution in [0.25, 0.3) is 0 Å². The molecule has 10 heteroatoms. The number of hydrogen-bond acceptors (Lipinski definition) is 8. The van der Waals surface area contributed by atoms with Gasteiger partial charge < -0.3 is 10.6 Å². The zero-order valence-corrected chi connectivity index (χ0v) is 24.1. The molecule has 4 aromatic rings. The van der Waals surface area contributed by atoms with Crippen LogP contribution in [0.1, 0.15) is 61.7 Å². The maximum Gasteiger partial charge on any atom is 0.230 e. The molecule has 2 aromatic carbocycles. The fourth-order valence-electron chi connectivity index (χ4n) is 3.25. The average Bonchev–Trinajstić information content (AvgIpc) is 3.59. The molecular weight excluding hydrogens is 516 g/mol. The monoisotopic (exact) mass is 552 g/mol. The first-order chi connectivity index (χ1) is 18.6. The number of unbranched alkanes of at least 4 members (excludes halogenated alkanes) is 1. The minimum absolute atomic E-state index is 0.100. The molecule has 0 saturated carbocycles. The largest absolute Gasteiger partial charge is 0.300 e. The van der Waals surface area contributed by atoms with Gasteiger partial charge in [0.05, 0.1) is 12.8 Å². The zero-order valence-electron chi connectivity index (χ0n) is 22.4. The van der Waals surface area contributed by atoms with E-state index in [1.807, 2.05) is 88.4 Å². The molecule has 2 aromatic heterocycles. The lowest BCUT2D eigenvalue weighted by atomic mass is 10.1. The molecule has 0 spiro atoms. The Hall–Kier alpha value is -3.50. The SMILES string of the molecule is CC.CC.O=C(Cc1ccccc1)Nc1nnc(CCCCc2nnc(NC(=O)Cc3ccccc3)s2)s1. The molecule has 2 heterocycles. The summed E-state index contributed by atoms with van der Waals surface area (Å²) in [7, 11) is 0. The highest BCUT2D eigenvalue weighted by atomic mass is 32.1. The van der Waals surface area contributed by atoms with Gasteiger partial charge in [-0.25, -0.2) is 0 Å². The molecule has 38 heavy (non-hydrogen) atoms. The second kappa shape index (κ2) is 17.9. The lowest BCUT2D eigenvalue weighted by Gasteiger charge is -2.01. The summed E-state index contributed by atoms with van der Waals surface area (Å²) >= 11 is 2.81. The number of anilines is 2. The lowest BCUT2D eigenvalue weighted by molar-refractivity contribution is -0.116. The molecule has 0 aliphatic carbocycles. The van der Waals surface area contributed by atoms with Crippen molar-refractivity contribution in [3.63, 3.8) is 0 Å². The number of nitrogens with zero attached hydrogens (tertiary/aromatic N) is 4. The van der Waals surface area contributed by atoms with Crippen LogP contribution < -0.4 is 10.6 Å². The first-order valence-corrected chi connectivity index (χ1v) is 14.6. The molecule has 0 aliphatic rings. The van der Waals surface area contributed by atoms with E-state index in [9.17, 15) is 9.59 Å². The standard InChI is InChI=1S/C24H24N6O2S2.2C2H6/c31-19(15-17-9-3-1-4-10-17)25-23-29-27-21(33-23)13-7-8-14-22-28-30-24(34-22)26-20(32)16-18-11-5-2-6-12-18;2*1-2/h1-6,9-12H,7-8,13-16H2,(H,25,29,31)(H,26,30,32);2*1-2H3. The number of benzene rings is 2. The van der Waals surface area contributed by atoms with Crippen LogP contribution in [0.4, 0.5) is 10.3 Å². The summed E-state index contributed by atoms with van der Waals surface area (Å²) in [6.45, 7) is 8.00. The van der Waals surface area contributed by atoms with Crippen molar-refractivity contribution in [2.24, 2.45) is 0 Å². The fraction of sp³-hybridized carbons (Fsp3) is 0.357. The average molecular weight is 553 g/mol. The van der Waals surface area contributed by atoms with E-state index < -0.39 is 0 Å². The van der Waals surface area contributed by atoms with Crippen molar-refractivity contribution in [1.29, 1.82) is 0 Å². The number of rotatable bonds is 11. The quantitative estimate of drug-likeness (QED) is 0.209. The van der Waals surface area contributed by atoms with Crippen molar-refractivity contribution < 1.29 is 9.59 Å². The Labute approximate surface area is 233 Å². The number of aromatic nitrogens is 4. The van der Waals surface area contributed by atoms with E-state index in [1.165, 1.54) is 22.7 Å². The van der Waals surface area contributed by atoms with Crippen LogP contribution in [-0.4, -0.2) is 32.2 Å². The smallest absolute Gasteiger partial charge is 0.230 e. The van der Waals surface area contributed by atoms with Crippen LogP contribution in [0, 0.1) is 0 Å². The summed E-state index contributed by atoms with van der Waals surface area (Å²) in [4.78, 5) is 24.3. The van der Waals surface area contributed by atoms with Gasteiger partial charge in [0.2, 0.25) is 22.1 Å². The molecule has 0 atom stereocenters. The molecule has 0 aliphatic heterocycles. The maximum absolute atomic E-state index is 12.2. The van der Waals surface area contributed by atoms with Gasteiger partial charge in [-0.1, -0.05) is 111 Å². The second-order valence-electron chi connectivity index (χ2n) is 7.63. The minimum atomic E-state index is -0.100. The Morgan fingerprint density at radius 2 is 0.974 bits per heavy atom. The van der Waals surface area contributed by atoms with E-state index in [4.69, 9.17) is 0 Å². The number of nitrogens with one attached hydrogen (secondary N) is 2. The van der Waals surface area contributed by atoms with E-state index in [0.29, 0.717) is 23.1 Å². The van der Waals surface area contributed by atoms with Crippen LogP contribution >= 0.6 is 22.7 Å². The highest BCUT2D eigenvalue weighted by molar-refractivity contribution is 7.15. The summed E-state index contributed by atoms with van der Waals surface area (Å²) in [6, 6.07) is 19.2. The first-order valence-electron chi connectivity index (χ1n) is 13.0. The molecule has 0 unspecified atom stereocenters. The summed E-state index contributed by atoms with van der Waals surface area (Å²) in [5.41, 5.74) is 1.92. The van der Waals surface area contributed by atoms with E-state index in [0.717, 1.165) is 46.8 Å². The number of aryl methyl sites for hydroxylation is 2. The van der Waals surface area contributed by atoms with Gasteiger partial charge in [-0.15, -0.1) is 20.4 Å². The van der Waals surface area contributed by atoms with Crippen molar-refractivity contribution in [2.45, 2.75) is 66.2 Å². The molecule has 202 valence electrons. The van der Waals surface area contributed by atoms with E-state index in [-0.39, 0.29) is 11.8 Å². The summed E-state index contributed by atoms with van der Waals surface area (Å²) in [5.74, 6) is -0.200. The van der Waals surface area contributed by atoms with Crippen molar-refractivity contribution >= 4 is 44.8 Å². The normalized spacial score (nSPS) is 9.89. The van der Waals surface area contributed by atoms with Crippen LogP contribution in [0.15, 0.2) is 60.7 Å². The second-order valence-corrected chi connectivity index (χ2v) is 9.75.